The number of halogens is 1. The van der Waals surface area contributed by atoms with Crippen LogP contribution in [-0.2, 0) is 25.6 Å². The van der Waals surface area contributed by atoms with Gasteiger partial charge in [0, 0.05) is 5.56 Å². The van der Waals surface area contributed by atoms with Gasteiger partial charge in [0.25, 0.3) is 0 Å². The van der Waals surface area contributed by atoms with Crippen LogP contribution in [0.2, 0.25) is 0 Å². The fraction of sp³-hybridized carbons (Fsp3) is 0.419. The number of aryl methyl sites for hydroxylation is 3. The van der Waals surface area contributed by atoms with E-state index in [2.05, 4.69) is 11.1 Å². The molecule has 0 unspecified atom stereocenters. The van der Waals surface area contributed by atoms with Crippen LogP contribution in [0.1, 0.15) is 60.8 Å². The van der Waals surface area contributed by atoms with Gasteiger partial charge in [0.05, 0.1) is 37.6 Å². The van der Waals surface area contributed by atoms with E-state index in [4.69, 9.17) is 18.6 Å². The zero-order valence-electron chi connectivity index (χ0n) is 22.6. The lowest BCUT2D eigenvalue weighted by Gasteiger charge is -2.29. The predicted molar refractivity (Wildman–Crippen MR) is 144 cm³/mol. The van der Waals surface area contributed by atoms with Gasteiger partial charge in [-0.1, -0.05) is 23.8 Å². The van der Waals surface area contributed by atoms with Crippen LogP contribution in [0.4, 0.5) is 4.39 Å². The van der Waals surface area contributed by atoms with Crippen molar-refractivity contribution in [3.63, 3.8) is 0 Å². The highest BCUT2D eigenvalue weighted by molar-refractivity contribution is 5.94. The Hall–Kier alpha value is -3.29. The van der Waals surface area contributed by atoms with Gasteiger partial charge in [0.2, 0.25) is 5.89 Å². The topological polar surface area (TPSA) is 70.8 Å². The molecule has 6 nitrogen and oxygen atoms in total. The van der Waals surface area contributed by atoms with E-state index in [1.54, 1.807) is 32.1 Å². The minimum Gasteiger partial charge on any atom is -0.463 e. The summed E-state index contributed by atoms with van der Waals surface area (Å²) in [5, 5.41) is 0. The molecule has 0 amide bonds. The average molecular weight is 522 g/mol. The van der Waals surface area contributed by atoms with Gasteiger partial charge in [-0.3, -0.25) is 0 Å². The third-order valence-electron chi connectivity index (χ3n) is 6.73. The van der Waals surface area contributed by atoms with Gasteiger partial charge in [0.15, 0.2) is 0 Å². The van der Waals surface area contributed by atoms with Crippen molar-refractivity contribution < 1.29 is 27.8 Å². The normalized spacial score (nSPS) is 18.0. The Labute approximate surface area is 223 Å². The molecule has 1 fully saturated rings. The molecule has 2 aromatic carbocycles. The number of nitrogens with zero attached hydrogens (tertiary/aromatic N) is 1. The third-order valence-corrected chi connectivity index (χ3v) is 6.73. The van der Waals surface area contributed by atoms with Crippen LogP contribution in [0, 0.1) is 26.6 Å². The van der Waals surface area contributed by atoms with Crippen molar-refractivity contribution in [3.05, 3.63) is 82.0 Å². The van der Waals surface area contributed by atoms with Gasteiger partial charge in [-0.05, 0) is 94.8 Å². The van der Waals surface area contributed by atoms with E-state index < -0.39 is 5.97 Å². The monoisotopic (exact) mass is 521 g/mol. The Morgan fingerprint density at radius 2 is 1.89 bits per heavy atom. The maximum atomic E-state index is 13.7. The number of hydrogen-bond acceptors (Lipinski definition) is 6. The predicted octanol–water partition coefficient (Wildman–Crippen LogP) is 6.90. The molecule has 202 valence electrons. The first-order chi connectivity index (χ1) is 18.3. The number of hydrogen-bond donors (Lipinski definition) is 0. The number of esters is 1. The van der Waals surface area contributed by atoms with Gasteiger partial charge < -0.3 is 18.6 Å². The molecule has 38 heavy (non-hydrogen) atoms. The second-order valence-corrected chi connectivity index (χ2v) is 9.82. The summed E-state index contributed by atoms with van der Waals surface area (Å²) in [4.78, 5) is 17.2. The minimum atomic E-state index is -0.427. The molecule has 4 rings (SSSR count). The summed E-state index contributed by atoms with van der Waals surface area (Å²) in [6.45, 7) is 8.17. The van der Waals surface area contributed by atoms with E-state index >= 15 is 0 Å². The quantitative estimate of drug-likeness (QED) is 0.214. The number of aromatic nitrogens is 1. The van der Waals surface area contributed by atoms with Crippen molar-refractivity contribution in [2.45, 2.75) is 72.2 Å². The van der Waals surface area contributed by atoms with E-state index in [9.17, 15) is 9.18 Å². The van der Waals surface area contributed by atoms with E-state index in [1.807, 2.05) is 32.0 Å². The molecule has 3 aromatic rings. The summed E-state index contributed by atoms with van der Waals surface area (Å²) >= 11 is 0. The second-order valence-electron chi connectivity index (χ2n) is 9.82. The number of carbonyl (C=O) groups excluding carboxylic acids is 1. The van der Waals surface area contributed by atoms with Crippen molar-refractivity contribution in [2.75, 3.05) is 13.2 Å². The summed E-state index contributed by atoms with van der Waals surface area (Å²) < 4.78 is 37.2. The summed E-state index contributed by atoms with van der Waals surface area (Å²) in [6.07, 6.45) is 5.23. The molecule has 0 saturated heterocycles. The first kappa shape index (κ1) is 27.7. The van der Waals surface area contributed by atoms with Crippen LogP contribution >= 0.6 is 0 Å². The zero-order chi connectivity index (χ0) is 27.1. The first-order valence-electron chi connectivity index (χ1n) is 13.2. The van der Waals surface area contributed by atoms with Crippen LogP contribution in [0.5, 0.6) is 0 Å². The molecule has 1 aliphatic rings. The Bertz CT molecular complexity index is 1280. The van der Waals surface area contributed by atoms with E-state index in [0.717, 1.165) is 53.8 Å². The molecule has 0 aliphatic heterocycles. The molecule has 0 N–H and O–H groups in total. The molecule has 0 bridgehead atoms. The van der Waals surface area contributed by atoms with Crippen molar-refractivity contribution in [2.24, 2.45) is 0 Å². The molecule has 1 saturated carbocycles. The van der Waals surface area contributed by atoms with E-state index in [0.29, 0.717) is 23.6 Å². The number of carbonyl (C=O) groups is 1. The lowest BCUT2D eigenvalue weighted by atomic mass is 9.94. The lowest BCUT2D eigenvalue weighted by molar-refractivity contribution is -0.139. The average Bonchev–Trinajstić information content (AvgIpc) is 3.28. The maximum absolute atomic E-state index is 13.7. The summed E-state index contributed by atoms with van der Waals surface area (Å²) in [6, 6.07) is 12.8. The largest absolute Gasteiger partial charge is 0.463 e. The van der Waals surface area contributed by atoms with Crippen LogP contribution in [0.3, 0.4) is 0 Å². The Balaban J connectivity index is 1.35. The van der Waals surface area contributed by atoms with E-state index in [-0.39, 0.29) is 31.2 Å². The van der Waals surface area contributed by atoms with Gasteiger partial charge >= 0.3 is 5.97 Å². The van der Waals surface area contributed by atoms with Crippen LogP contribution in [0.15, 0.2) is 52.5 Å². The minimum absolute atomic E-state index is 0.0297. The molecule has 7 heteroatoms. The Kier molecular flexibility index (Phi) is 9.48. The maximum Gasteiger partial charge on any atom is 0.336 e. The molecule has 1 aromatic heterocycles. The Morgan fingerprint density at radius 3 is 2.63 bits per heavy atom. The van der Waals surface area contributed by atoms with Gasteiger partial charge in [-0.25, -0.2) is 14.2 Å². The number of rotatable bonds is 10. The SMILES string of the molecule is CCOC(=O)/C(=C\c1ccc(F)c(C)c1)CO[C@@H]1CCC[C@H](OCc2nc(-c3cccc(C)c3)oc2C)C1. The standard InChI is InChI=1S/C31H36FNO5/c1-5-35-31(34)25(16-23-12-13-28(32)21(3)15-23)18-36-26-10-7-11-27(17-26)37-19-29-22(4)38-30(33-29)24-9-6-8-20(2)14-24/h6,8-9,12-16,26-27H,5,7,10-11,17-19H2,1-4H3/b25-16-/t26-,27+/m1/s1. The van der Waals surface area contributed by atoms with Gasteiger partial charge in [-0.2, -0.15) is 0 Å². The van der Waals surface area contributed by atoms with Crippen LogP contribution in [0.25, 0.3) is 17.5 Å². The first-order valence-corrected chi connectivity index (χ1v) is 13.2. The van der Waals surface area contributed by atoms with Gasteiger partial charge in [-0.15, -0.1) is 0 Å². The fourth-order valence-corrected chi connectivity index (χ4v) is 4.61. The highest BCUT2D eigenvalue weighted by Gasteiger charge is 2.25. The summed E-state index contributed by atoms with van der Waals surface area (Å²) in [5.74, 6) is 0.648. The lowest BCUT2D eigenvalue weighted by Crippen LogP contribution is -2.29. The number of oxazole rings is 1. The highest BCUT2D eigenvalue weighted by Crippen LogP contribution is 2.27. The summed E-state index contributed by atoms with van der Waals surface area (Å²) in [5.41, 5.74) is 4.55. The number of benzene rings is 2. The molecular formula is C31H36FNO5. The smallest absolute Gasteiger partial charge is 0.336 e. The summed E-state index contributed by atoms with van der Waals surface area (Å²) in [7, 11) is 0. The van der Waals surface area contributed by atoms with Crippen molar-refractivity contribution in [3.8, 4) is 11.5 Å². The van der Waals surface area contributed by atoms with Crippen molar-refractivity contribution >= 4 is 12.0 Å². The molecule has 1 aliphatic carbocycles. The molecule has 2 atom stereocenters. The number of ether oxygens (including phenoxy) is 3. The highest BCUT2D eigenvalue weighted by atomic mass is 19.1. The second kappa shape index (κ2) is 13.0. The molecule has 1 heterocycles. The van der Waals surface area contributed by atoms with Crippen LogP contribution < -0.4 is 0 Å². The van der Waals surface area contributed by atoms with Crippen molar-refractivity contribution in [1.82, 2.24) is 4.98 Å². The third kappa shape index (κ3) is 7.39. The molecular weight excluding hydrogens is 485 g/mol. The fourth-order valence-electron chi connectivity index (χ4n) is 4.61. The molecule has 0 radical (unpaired) electrons. The van der Waals surface area contributed by atoms with Gasteiger partial charge in [0.1, 0.15) is 17.3 Å². The molecule has 0 spiro atoms. The zero-order valence-corrected chi connectivity index (χ0v) is 22.6. The van der Waals surface area contributed by atoms with E-state index in [1.165, 1.54) is 6.07 Å². The van der Waals surface area contributed by atoms with Crippen molar-refractivity contribution in [1.29, 1.82) is 0 Å². The Morgan fingerprint density at radius 1 is 1.11 bits per heavy atom. The van der Waals surface area contributed by atoms with Crippen LogP contribution in [-0.4, -0.2) is 36.4 Å².